The third-order valence-corrected chi connectivity index (χ3v) is 3.03. The van der Waals surface area contributed by atoms with E-state index < -0.39 is 5.54 Å². The van der Waals surface area contributed by atoms with Gasteiger partial charge in [-0.3, -0.25) is 0 Å². The van der Waals surface area contributed by atoms with Crippen molar-refractivity contribution in [2.24, 2.45) is 0 Å². The number of aromatic nitrogens is 2. The maximum absolute atomic E-state index is 12.0. The lowest BCUT2D eigenvalue weighted by Gasteiger charge is -2.28. The first kappa shape index (κ1) is 14.7. The molecule has 1 N–H and O–H groups in total. The minimum Gasteiger partial charge on any atom is -0.465 e. The normalized spacial score (nSPS) is 14.6. The number of hydrogen-bond donors (Lipinski definition) is 1. The molecule has 0 aliphatic carbocycles. The summed E-state index contributed by atoms with van der Waals surface area (Å²) >= 11 is 0. The Balaban J connectivity index is 2.91. The lowest BCUT2D eigenvalue weighted by Crippen LogP contribution is -2.52. The molecule has 0 spiro atoms. The predicted molar refractivity (Wildman–Crippen MR) is 70.4 cm³/mol. The molecular formula is C13H23N3O2. The largest absolute Gasteiger partial charge is 0.465 e. The number of ether oxygens (including phenoxy) is 1. The number of hydrogen-bond acceptors (Lipinski definition) is 4. The molecule has 1 unspecified atom stereocenters. The second-order valence-electron chi connectivity index (χ2n) is 4.87. The number of carbonyl (C=O) groups excluding carboxylic acids is 1. The summed E-state index contributed by atoms with van der Waals surface area (Å²) in [6.45, 7) is 8.71. The van der Waals surface area contributed by atoms with E-state index in [9.17, 15) is 4.79 Å². The maximum Gasteiger partial charge on any atom is 0.327 e. The summed E-state index contributed by atoms with van der Waals surface area (Å²) in [5.74, 6) is 1.06. The van der Waals surface area contributed by atoms with E-state index in [1.165, 1.54) is 0 Å². The molecule has 1 atom stereocenters. The fraction of sp³-hybridized carbons (Fsp3) is 0.692. The highest BCUT2D eigenvalue weighted by Gasteiger charge is 2.34. The van der Waals surface area contributed by atoms with Crippen LogP contribution in [-0.2, 0) is 16.1 Å². The summed E-state index contributed by atoms with van der Waals surface area (Å²) in [7, 11) is 1.77. The van der Waals surface area contributed by atoms with Crippen LogP contribution in [-0.4, -0.2) is 34.7 Å². The van der Waals surface area contributed by atoms with Crippen LogP contribution >= 0.6 is 0 Å². The Bertz CT molecular complexity index is 401. The highest BCUT2D eigenvalue weighted by Crippen LogP contribution is 2.16. The van der Waals surface area contributed by atoms with E-state index >= 15 is 0 Å². The molecule has 0 bridgehead atoms. The minimum atomic E-state index is -0.736. The van der Waals surface area contributed by atoms with Crippen molar-refractivity contribution in [1.29, 1.82) is 0 Å². The number of carbonyl (C=O) groups is 1. The number of likely N-dealkylation sites (N-methyl/N-ethyl adjacent to an activating group) is 1. The number of nitrogens with one attached hydrogen (secondary N) is 1. The molecule has 0 saturated heterocycles. The fourth-order valence-electron chi connectivity index (χ4n) is 1.83. The van der Waals surface area contributed by atoms with Gasteiger partial charge in [-0.2, -0.15) is 0 Å². The average molecular weight is 253 g/mol. The second kappa shape index (κ2) is 6.00. The summed E-state index contributed by atoms with van der Waals surface area (Å²) < 4.78 is 7.11. The van der Waals surface area contributed by atoms with Crippen LogP contribution in [0.4, 0.5) is 0 Å². The van der Waals surface area contributed by atoms with Crippen LogP contribution in [0.3, 0.4) is 0 Å². The van der Waals surface area contributed by atoms with Crippen molar-refractivity contribution < 1.29 is 9.53 Å². The predicted octanol–water partition coefficient (Wildman–Crippen LogP) is 1.55. The van der Waals surface area contributed by atoms with E-state index in [-0.39, 0.29) is 5.97 Å². The van der Waals surface area contributed by atoms with Gasteiger partial charge >= 0.3 is 5.97 Å². The van der Waals surface area contributed by atoms with Crippen molar-refractivity contribution in [1.82, 2.24) is 14.9 Å². The first-order valence-electron chi connectivity index (χ1n) is 6.31. The van der Waals surface area contributed by atoms with Gasteiger partial charge in [0.25, 0.3) is 0 Å². The summed E-state index contributed by atoms with van der Waals surface area (Å²) in [5, 5.41) is 3.04. The Morgan fingerprint density at radius 1 is 1.61 bits per heavy atom. The topological polar surface area (TPSA) is 56.2 Å². The fourth-order valence-corrected chi connectivity index (χ4v) is 1.83. The van der Waals surface area contributed by atoms with Gasteiger partial charge in [0, 0.05) is 18.3 Å². The van der Waals surface area contributed by atoms with Gasteiger partial charge in [0.2, 0.25) is 0 Å². The lowest BCUT2D eigenvalue weighted by molar-refractivity contribution is -0.150. The molecule has 5 heteroatoms. The van der Waals surface area contributed by atoms with Crippen LogP contribution in [0.1, 0.15) is 39.4 Å². The Hall–Kier alpha value is -1.36. The van der Waals surface area contributed by atoms with Gasteiger partial charge in [-0.15, -0.1) is 0 Å². The molecule has 0 fully saturated rings. The lowest BCUT2D eigenvalue weighted by atomic mass is 10.0. The molecule has 0 radical (unpaired) electrons. The van der Waals surface area contributed by atoms with E-state index in [2.05, 4.69) is 24.1 Å². The SMILES string of the molecule is CCOC(=O)C(C)(Cn1ccnc1C(C)C)NC. The standard InChI is InChI=1S/C13H23N3O2/c1-6-18-12(17)13(4,14-5)9-16-8-7-15-11(16)10(2)3/h7-8,10,14H,6,9H2,1-5H3. The van der Waals surface area contributed by atoms with E-state index in [1.807, 2.05) is 24.6 Å². The van der Waals surface area contributed by atoms with Crippen molar-refractivity contribution >= 4 is 5.97 Å². The van der Waals surface area contributed by atoms with Gasteiger partial charge in [-0.25, -0.2) is 9.78 Å². The first-order valence-corrected chi connectivity index (χ1v) is 6.31. The molecule has 18 heavy (non-hydrogen) atoms. The zero-order valence-electron chi connectivity index (χ0n) is 11.9. The summed E-state index contributed by atoms with van der Waals surface area (Å²) in [6, 6.07) is 0. The van der Waals surface area contributed by atoms with E-state index in [0.29, 0.717) is 19.1 Å². The van der Waals surface area contributed by atoms with E-state index in [4.69, 9.17) is 4.74 Å². The van der Waals surface area contributed by atoms with Gasteiger partial charge in [0.1, 0.15) is 11.4 Å². The highest BCUT2D eigenvalue weighted by atomic mass is 16.5. The van der Waals surface area contributed by atoms with Crippen LogP contribution in [0, 0.1) is 0 Å². The molecule has 0 aliphatic heterocycles. The molecule has 5 nitrogen and oxygen atoms in total. The minimum absolute atomic E-state index is 0.240. The molecule has 0 amide bonds. The Morgan fingerprint density at radius 3 is 2.78 bits per heavy atom. The molecule has 0 aliphatic rings. The quantitative estimate of drug-likeness (QED) is 0.781. The summed E-state index contributed by atoms with van der Waals surface area (Å²) in [6.07, 6.45) is 3.65. The van der Waals surface area contributed by atoms with Crippen molar-refractivity contribution in [2.45, 2.75) is 45.7 Å². The van der Waals surface area contributed by atoms with Crippen molar-refractivity contribution in [2.75, 3.05) is 13.7 Å². The number of rotatable bonds is 6. The smallest absolute Gasteiger partial charge is 0.327 e. The third-order valence-electron chi connectivity index (χ3n) is 3.03. The third kappa shape index (κ3) is 3.10. The molecule has 1 aromatic rings. The van der Waals surface area contributed by atoms with Gasteiger partial charge in [-0.1, -0.05) is 13.8 Å². The molecule has 1 aromatic heterocycles. The number of nitrogens with zero attached hydrogens (tertiary/aromatic N) is 2. The van der Waals surface area contributed by atoms with Gasteiger partial charge in [0.05, 0.1) is 13.2 Å². The van der Waals surface area contributed by atoms with Crippen molar-refractivity contribution in [3.05, 3.63) is 18.2 Å². The first-order chi connectivity index (χ1) is 8.44. The van der Waals surface area contributed by atoms with E-state index in [0.717, 1.165) is 5.82 Å². The van der Waals surface area contributed by atoms with Crippen LogP contribution in [0.15, 0.2) is 12.4 Å². The molecular weight excluding hydrogens is 230 g/mol. The van der Waals surface area contributed by atoms with Gasteiger partial charge in [-0.05, 0) is 20.9 Å². The Kier molecular flexibility index (Phi) is 4.90. The highest BCUT2D eigenvalue weighted by molar-refractivity contribution is 5.80. The second-order valence-corrected chi connectivity index (χ2v) is 4.87. The number of esters is 1. The molecule has 0 aromatic carbocycles. The van der Waals surface area contributed by atoms with Gasteiger partial charge in [0.15, 0.2) is 0 Å². The van der Waals surface area contributed by atoms with Crippen molar-refractivity contribution in [3.8, 4) is 0 Å². The molecule has 1 rings (SSSR count). The monoisotopic (exact) mass is 253 g/mol. The summed E-state index contributed by atoms with van der Waals surface area (Å²) in [4.78, 5) is 16.3. The Morgan fingerprint density at radius 2 is 2.28 bits per heavy atom. The van der Waals surface area contributed by atoms with Crippen LogP contribution < -0.4 is 5.32 Å². The van der Waals surface area contributed by atoms with Crippen LogP contribution in [0.2, 0.25) is 0 Å². The van der Waals surface area contributed by atoms with Crippen LogP contribution in [0.25, 0.3) is 0 Å². The molecule has 0 saturated carbocycles. The zero-order valence-corrected chi connectivity index (χ0v) is 11.9. The molecule has 102 valence electrons. The van der Waals surface area contributed by atoms with Crippen LogP contribution in [0.5, 0.6) is 0 Å². The molecule has 1 heterocycles. The summed E-state index contributed by atoms with van der Waals surface area (Å²) in [5.41, 5.74) is -0.736. The van der Waals surface area contributed by atoms with E-state index in [1.54, 1.807) is 13.2 Å². The van der Waals surface area contributed by atoms with Crippen molar-refractivity contribution in [3.63, 3.8) is 0 Å². The Labute approximate surface area is 109 Å². The van der Waals surface area contributed by atoms with Gasteiger partial charge < -0.3 is 14.6 Å². The maximum atomic E-state index is 12.0. The zero-order chi connectivity index (χ0) is 13.8. The average Bonchev–Trinajstić information content (AvgIpc) is 2.77. The number of imidazole rings is 1.